The molecular formula is C34H42N2O. The van der Waals surface area contributed by atoms with Gasteiger partial charge in [-0.25, -0.2) is 0 Å². The highest BCUT2D eigenvalue weighted by atomic mass is 16.2. The zero-order chi connectivity index (χ0) is 25.8. The molecule has 2 unspecified atom stereocenters. The van der Waals surface area contributed by atoms with Crippen molar-refractivity contribution >= 4 is 5.91 Å². The first-order chi connectivity index (χ1) is 17.9. The maximum Gasteiger partial charge on any atom is 0.224 e. The van der Waals surface area contributed by atoms with Crippen molar-refractivity contribution in [2.75, 3.05) is 7.05 Å². The molecule has 1 amide bonds. The lowest BCUT2D eigenvalue weighted by molar-refractivity contribution is -0.127. The van der Waals surface area contributed by atoms with Crippen molar-refractivity contribution in [1.29, 1.82) is 0 Å². The third-order valence-electron chi connectivity index (χ3n) is 8.91. The molecule has 0 radical (unpaired) electrons. The maximum atomic E-state index is 13.6. The van der Waals surface area contributed by atoms with E-state index in [1.807, 2.05) is 0 Å². The summed E-state index contributed by atoms with van der Waals surface area (Å²) in [5, 5.41) is 3.49. The number of rotatable bonds is 9. The largest absolute Gasteiger partial charge is 0.349 e. The van der Waals surface area contributed by atoms with Crippen molar-refractivity contribution in [3.05, 3.63) is 107 Å². The van der Waals surface area contributed by atoms with Gasteiger partial charge in [0.15, 0.2) is 0 Å². The second kappa shape index (κ2) is 11.2. The van der Waals surface area contributed by atoms with E-state index in [0.29, 0.717) is 11.8 Å². The monoisotopic (exact) mass is 494 g/mol. The molecule has 0 bridgehead atoms. The summed E-state index contributed by atoms with van der Waals surface area (Å²) in [6.45, 7) is 5.45. The lowest BCUT2D eigenvalue weighted by atomic mass is 9.74. The second-order valence-corrected chi connectivity index (χ2v) is 11.8. The molecule has 0 heterocycles. The molecular weight excluding hydrogens is 452 g/mol. The average molecular weight is 495 g/mol. The molecule has 3 nitrogen and oxygen atoms in total. The van der Waals surface area contributed by atoms with Gasteiger partial charge in [0, 0.05) is 18.0 Å². The van der Waals surface area contributed by atoms with Gasteiger partial charge in [0.2, 0.25) is 5.91 Å². The number of hydrogen-bond acceptors (Lipinski definition) is 2. The van der Waals surface area contributed by atoms with Crippen LogP contribution in [-0.2, 0) is 16.9 Å². The lowest BCUT2D eigenvalue weighted by Gasteiger charge is -2.36. The molecule has 37 heavy (non-hydrogen) atoms. The highest BCUT2D eigenvalue weighted by Gasteiger charge is 2.37. The first kappa shape index (κ1) is 25.7. The number of hydrogen-bond donors (Lipinski definition) is 1. The van der Waals surface area contributed by atoms with Gasteiger partial charge in [-0.2, -0.15) is 0 Å². The van der Waals surface area contributed by atoms with Crippen LogP contribution in [0.15, 0.2) is 84.9 Å². The molecule has 0 aromatic heterocycles. The van der Waals surface area contributed by atoms with Gasteiger partial charge in [0.05, 0.1) is 6.04 Å². The van der Waals surface area contributed by atoms with Crippen LogP contribution >= 0.6 is 0 Å². The standard InChI is InChI=1S/C34H42N2O/c1-34(2,29-14-8-5-9-15-29)36(3)24-25-18-20-26(21-19-25)30-16-10-11-17-31(30)33(37)35-32(28-22-23-28)27-12-6-4-7-13-27/h4-9,12-15,18-21,28,30-32H,10-11,16-17,22-24H2,1-3H3,(H,35,37)/t30-,31?,32?/m1/s1. The van der Waals surface area contributed by atoms with Crippen LogP contribution in [-0.4, -0.2) is 17.9 Å². The summed E-state index contributed by atoms with van der Waals surface area (Å²) in [7, 11) is 2.20. The minimum absolute atomic E-state index is 0.0522. The summed E-state index contributed by atoms with van der Waals surface area (Å²) in [5.41, 5.74) is 5.15. The summed E-state index contributed by atoms with van der Waals surface area (Å²) in [6, 6.07) is 30.5. The summed E-state index contributed by atoms with van der Waals surface area (Å²) in [4.78, 5) is 16.1. The minimum atomic E-state index is -0.0522. The SMILES string of the molecule is CN(Cc1ccc([C@H]2CCCCC2C(=O)NC(c2ccccc2)C2CC2)cc1)C(C)(C)c1ccccc1. The fourth-order valence-corrected chi connectivity index (χ4v) is 6.08. The molecule has 3 heteroatoms. The van der Waals surface area contributed by atoms with Gasteiger partial charge in [-0.15, -0.1) is 0 Å². The molecule has 0 aliphatic heterocycles. The molecule has 2 saturated carbocycles. The van der Waals surface area contributed by atoms with Crippen molar-refractivity contribution in [2.24, 2.45) is 11.8 Å². The average Bonchev–Trinajstić information content (AvgIpc) is 3.78. The Labute approximate surface area is 223 Å². The molecule has 3 aromatic rings. The van der Waals surface area contributed by atoms with Crippen LogP contribution in [0, 0.1) is 11.8 Å². The van der Waals surface area contributed by atoms with Crippen LogP contribution in [0.25, 0.3) is 0 Å². The highest BCUT2D eigenvalue weighted by Crippen LogP contribution is 2.43. The molecule has 3 atom stereocenters. The van der Waals surface area contributed by atoms with Crippen molar-refractivity contribution in [1.82, 2.24) is 10.2 Å². The van der Waals surface area contributed by atoms with Gasteiger partial charge in [0.1, 0.15) is 0 Å². The van der Waals surface area contributed by atoms with Crippen molar-refractivity contribution in [3.63, 3.8) is 0 Å². The molecule has 0 saturated heterocycles. The molecule has 3 aromatic carbocycles. The summed E-state index contributed by atoms with van der Waals surface area (Å²) >= 11 is 0. The third-order valence-corrected chi connectivity index (χ3v) is 8.91. The summed E-state index contributed by atoms with van der Waals surface area (Å²) in [5.74, 6) is 1.20. The Morgan fingerprint density at radius 3 is 2.14 bits per heavy atom. The van der Waals surface area contributed by atoms with Crippen LogP contribution in [0.5, 0.6) is 0 Å². The molecule has 194 valence electrons. The second-order valence-electron chi connectivity index (χ2n) is 11.8. The van der Waals surface area contributed by atoms with Crippen LogP contribution in [0.4, 0.5) is 0 Å². The van der Waals surface area contributed by atoms with Crippen molar-refractivity contribution < 1.29 is 4.79 Å². The predicted octanol–water partition coefficient (Wildman–Crippen LogP) is 7.60. The van der Waals surface area contributed by atoms with Crippen LogP contribution < -0.4 is 5.32 Å². The van der Waals surface area contributed by atoms with E-state index in [0.717, 1.165) is 25.8 Å². The van der Waals surface area contributed by atoms with E-state index in [2.05, 4.69) is 116 Å². The first-order valence-corrected chi connectivity index (χ1v) is 14.1. The first-order valence-electron chi connectivity index (χ1n) is 14.1. The Balaban J connectivity index is 1.26. The molecule has 0 spiro atoms. The van der Waals surface area contributed by atoms with Gasteiger partial charge >= 0.3 is 0 Å². The Bertz CT molecular complexity index is 1150. The zero-order valence-corrected chi connectivity index (χ0v) is 22.7. The number of nitrogens with one attached hydrogen (secondary N) is 1. The van der Waals surface area contributed by atoms with Crippen LogP contribution in [0.2, 0.25) is 0 Å². The third kappa shape index (κ3) is 5.99. The van der Waals surface area contributed by atoms with E-state index < -0.39 is 0 Å². The molecule has 2 aliphatic carbocycles. The predicted molar refractivity (Wildman–Crippen MR) is 152 cm³/mol. The molecule has 2 aliphatic rings. The zero-order valence-electron chi connectivity index (χ0n) is 22.7. The normalized spacial score (nSPS) is 21.0. The molecule has 1 N–H and O–H groups in total. The van der Waals surface area contributed by atoms with E-state index in [-0.39, 0.29) is 23.4 Å². The fourth-order valence-electron chi connectivity index (χ4n) is 6.08. The molecule has 2 fully saturated rings. The lowest BCUT2D eigenvalue weighted by Crippen LogP contribution is -2.39. The van der Waals surface area contributed by atoms with Crippen LogP contribution in [0.3, 0.4) is 0 Å². The van der Waals surface area contributed by atoms with E-state index in [1.165, 1.54) is 41.5 Å². The van der Waals surface area contributed by atoms with E-state index in [9.17, 15) is 4.79 Å². The number of carbonyl (C=O) groups excluding carboxylic acids is 1. The van der Waals surface area contributed by atoms with Gasteiger partial charge in [-0.3, -0.25) is 9.69 Å². The van der Waals surface area contributed by atoms with Crippen molar-refractivity contribution in [2.45, 2.75) is 76.4 Å². The number of benzene rings is 3. The Hall–Kier alpha value is -2.91. The Morgan fingerprint density at radius 1 is 0.865 bits per heavy atom. The number of nitrogens with zero attached hydrogens (tertiary/aromatic N) is 1. The Kier molecular flexibility index (Phi) is 7.81. The highest BCUT2D eigenvalue weighted by molar-refractivity contribution is 5.80. The summed E-state index contributed by atoms with van der Waals surface area (Å²) < 4.78 is 0. The molecule has 5 rings (SSSR count). The maximum absolute atomic E-state index is 13.6. The summed E-state index contributed by atoms with van der Waals surface area (Å²) in [6.07, 6.45) is 6.85. The number of amides is 1. The van der Waals surface area contributed by atoms with Gasteiger partial charge < -0.3 is 5.32 Å². The van der Waals surface area contributed by atoms with Crippen LogP contribution in [0.1, 0.15) is 86.6 Å². The van der Waals surface area contributed by atoms with E-state index in [4.69, 9.17) is 0 Å². The number of carbonyl (C=O) groups is 1. The Morgan fingerprint density at radius 2 is 1.49 bits per heavy atom. The van der Waals surface area contributed by atoms with Gasteiger partial charge in [-0.05, 0) is 80.7 Å². The van der Waals surface area contributed by atoms with E-state index >= 15 is 0 Å². The fraction of sp³-hybridized carbons (Fsp3) is 0.441. The topological polar surface area (TPSA) is 32.3 Å². The van der Waals surface area contributed by atoms with E-state index in [1.54, 1.807) is 0 Å². The minimum Gasteiger partial charge on any atom is -0.349 e. The van der Waals surface area contributed by atoms with Crippen molar-refractivity contribution in [3.8, 4) is 0 Å². The van der Waals surface area contributed by atoms with Gasteiger partial charge in [0.25, 0.3) is 0 Å². The van der Waals surface area contributed by atoms with Gasteiger partial charge in [-0.1, -0.05) is 97.8 Å². The smallest absolute Gasteiger partial charge is 0.224 e. The quantitative estimate of drug-likeness (QED) is 0.332.